The number of ether oxygens (including phenoxy) is 2. The first kappa shape index (κ1) is 17.0. The lowest BCUT2D eigenvalue weighted by atomic mass is 9.85. The van der Waals surface area contributed by atoms with Gasteiger partial charge in [0, 0.05) is 0 Å². The lowest BCUT2D eigenvalue weighted by Crippen LogP contribution is -2.24. The molecule has 22 heavy (non-hydrogen) atoms. The van der Waals surface area contributed by atoms with Crippen molar-refractivity contribution in [3.05, 3.63) is 11.1 Å². The maximum Gasteiger partial charge on any atom is 0.334 e. The third-order valence-corrected chi connectivity index (χ3v) is 4.81. The maximum absolute atomic E-state index is 12.5. The van der Waals surface area contributed by atoms with Gasteiger partial charge in [-0.25, -0.2) is 9.59 Å². The highest BCUT2D eigenvalue weighted by molar-refractivity contribution is 6.01. The molecule has 0 saturated heterocycles. The van der Waals surface area contributed by atoms with Crippen LogP contribution in [-0.4, -0.2) is 25.2 Å². The van der Waals surface area contributed by atoms with Crippen molar-refractivity contribution in [2.75, 3.05) is 13.2 Å². The number of hydrogen-bond acceptors (Lipinski definition) is 4. The minimum atomic E-state index is -0.302. The summed E-state index contributed by atoms with van der Waals surface area (Å²) >= 11 is 0. The van der Waals surface area contributed by atoms with Gasteiger partial charge in [-0.3, -0.25) is 0 Å². The zero-order chi connectivity index (χ0) is 15.9. The van der Waals surface area contributed by atoms with Gasteiger partial charge in [0.1, 0.15) is 0 Å². The van der Waals surface area contributed by atoms with E-state index in [0.29, 0.717) is 24.4 Å². The summed E-state index contributed by atoms with van der Waals surface area (Å²) in [6.45, 7) is 4.30. The van der Waals surface area contributed by atoms with Crippen LogP contribution in [0, 0.1) is 11.8 Å². The van der Waals surface area contributed by atoms with Crippen LogP contribution in [0.2, 0.25) is 0 Å². The molecular formula is C18H28O4. The summed E-state index contributed by atoms with van der Waals surface area (Å²) in [5, 5.41) is 0. The van der Waals surface area contributed by atoms with Crippen molar-refractivity contribution in [3.8, 4) is 0 Å². The summed E-state index contributed by atoms with van der Waals surface area (Å²) in [7, 11) is 0. The van der Waals surface area contributed by atoms with E-state index in [1.165, 1.54) is 0 Å². The number of hydrogen-bond donors (Lipinski definition) is 0. The molecular weight excluding hydrogens is 280 g/mol. The highest BCUT2D eigenvalue weighted by Gasteiger charge is 2.36. The Balaban J connectivity index is 2.41. The Bertz CT molecular complexity index is 386. The monoisotopic (exact) mass is 308 g/mol. The van der Waals surface area contributed by atoms with Gasteiger partial charge in [-0.1, -0.05) is 25.7 Å². The van der Waals surface area contributed by atoms with Gasteiger partial charge >= 0.3 is 11.9 Å². The van der Waals surface area contributed by atoms with Crippen LogP contribution in [0.1, 0.15) is 65.2 Å². The molecule has 0 aromatic rings. The molecule has 2 aliphatic carbocycles. The standard InChI is InChI=1S/C18H28O4/c1-3-21-17(19)15(13-9-5-6-10-13)16(18(20)22-4-2)14-11-7-8-12-14/h13-14H,3-12H2,1-2H3. The minimum absolute atomic E-state index is 0.166. The Morgan fingerprint density at radius 2 is 1.05 bits per heavy atom. The van der Waals surface area contributed by atoms with E-state index in [1.807, 2.05) is 13.8 Å². The first-order valence-electron chi connectivity index (χ1n) is 8.77. The Morgan fingerprint density at radius 1 is 0.727 bits per heavy atom. The van der Waals surface area contributed by atoms with E-state index >= 15 is 0 Å². The molecule has 4 nitrogen and oxygen atoms in total. The third-order valence-electron chi connectivity index (χ3n) is 4.81. The van der Waals surface area contributed by atoms with Gasteiger partial charge < -0.3 is 9.47 Å². The fourth-order valence-electron chi connectivity index (χ4n) is 3.84. The molecule has 2 fully saturated rings. The zero-order valence-corrected chi connectivity index (χ0v) is 13.9. The molecule has 0 atom stereocenters. The predicted molar refractivity (Wildman–Crippen MR) is 84.2 cm³/mol. The Labute approximate surface area is 133 Å². The van der Waals surface area contributed by atoms with Crippen molar-refractivity contribution in [3.63, 3.8) is 0 Å². The summed E-state index contributed by atoms with van der Waals surface area (Å²) < 4.78 is 10.6. The normalized spacial score (nSPS) is 20.8. The molecule has 2 saturated carbocycles. The van der Waals surface area contributed by atoms with E-state index in [4.69, 9.17) is 9.47 Å². The van der Waals surface area contributed by atoms with E-state index in [2.05, 4.69) is 0 Å². The number of esters is 2. The summed E-state index contributed by atoms with van der Waals surface area (Å²) in [5.41, 5.74) is 1.26. The van der Waals surface area contributed by atoms with Crippen molar-refractivity contribution >= 4 is 11.9 Å². The Morgan fingerprint density at radius 3 is 1.32 bits per heavy atom. The van der Waals surface area contributed by atoms with Crippen LogP contribution >= 0.6 is 0 Å². The van der Waals surface area contributed by atoms with E-state index < -0.39 is 0 Å². The van der Waals surface area contributed by atoms with Crippen molar-refractivity contribution in [2.24, 2.45) is 11.8 Å². The fraction of sp³-hybridized carbons (Fsp3) is 0.778. The summed E-state index contributed by atoms with van der Waals surface area (Å²) in [4.78, 5) is 25.1. The molecule has 0 aromatic heterocycles. The van der Waals surface area contributed by atoms with Gasteiger partial charge in [0.15, 0.2) is 0 Å². The Hall–Kier alpha value is -1.32. The maximum atomic E-state index is 12.5. The smallest absolute Gasteiger partial charge is 0.334 e. The van der Waals surface area contributed by atoms with Crippen molar-refractivity contribution < 1.29 is 19.1 Å². The summed E-state index contributed by atoms with van der Waals surface area (Å²) in [6.07, 6.45) is 8.38. The second-order valence-corrected chi connectivity index (χ2v) is 6.23. The van der Waals surface area contributed by atoms with Crippen LogP contribution in [0.4, 0.5) is 0 Å². The molecule has 0 unspecified atom stereocenters. The quantitative estimate of drug-likeness (QED) is 0.553. The first-order chi connectivity index (χ1) is 10.7. The van der Waals surface area contributed by atoms with Gasteiger partial charge in [0.05, 0.1) is 24.4 Å². The van der Waals surface area contributed by atoms with Gasteiger partial charge in [0.2, 0.25) is 0 Å². The molecule has 2 rings (SSSR count). The van der Waals surface area contributed by atoms with Crippen LogP contribution in [0.5, 0.6) is 0 Å². The van der Waals surface area contributed by atoms with Crippen LogP contribution in [0.15, 0.2) is 11.1 Å². The summed E-state index contributed by atoms with van der Waals surface area (Å²) in [6, 6.07) is 0. The van der Waals surface area contributed by atoms with Crippen LogP contribution < -0.4 is 0 Å². The molecule has 0 bridgehead atoms. The lowest BCUT2D eigenvalue weighted by molar-refractivity contribution is -0.142. The van der Waals surface area contributed by atoms with E-state index in [0.717, 1.165) is 51.4 Å². The Kier molecular flexibility index (Phi) is 6.47. The average Bonchev–Trinajstić information content (AvgIpc) is 3.18. The van der Waals surface area contributed by atoms with E-state index in [-0.39, 0.29) is 23.8 Å². The third kappa shape index (κ3) is 3.90. The fourth-order valence-corrected chi connectivity index (χ4v) is 3.84. The van der Waals surface area contributed by atoms with Crippen molar-refractivity contribution in [1.29, 1.82) is 0 Å². The molecule has 0 aromatic carbocycles. The van der Waals surface area contributed by atoms with Crippen molar-refractivity contribution in [1.82, 2.24) is 0 Å². The highest BCUT2D eigenvalue weighted by atomic mass is 16.5. The zero-order valence-electron chi connectivity index (χ0n) is 13.9. The average molecular weight is 308 g/mol. The topological polar surface area (TPSA) is 52.6 Å². The largest absolute Gasteiger partial charge is 0.463 e. The van der Waals surface area contributed by atoms with Gasteiger partial charge in [-0.2, -0.15) is 0 Å². The molecule has 2 aliphatic rings. The SMILES string of the molecule is CCOC(=O)C(=C(C(=O)OCC)C1CCCC1)C1CCCC1. The minimum Gasteiger partial charge on any atom is -0.463 e. The van der Waals surface area contributed by atoms with Crippen LogP contribution in [0.25, 0.3) is 0 Å². The second kappa shape index (κ2) is 8.35. The van der Waals surface area contributed by atoms with Gasteiger partial charge in [-0.15, -0.1) is 0 Å². The molecule has 0 N–H and O–H groups in total. The molecule has 4 heteroatoms. The summed E-state index contributed by atoms with van der Waals surface area (Å²) in [5.74, 6) is -0.271. The molecule has 0 radical (unpaired) electrons. The van der Waals surface area contributed by atoms with Gasteiger partial charge in [0.25, 0.3) is 0 Å². The molecule has 0 amide bonds. The molecule has 124 valence electrons. The lowest BCUT2D eigenvalue weighted by Gasteiger charge is -2.22. The number of carbonyl (C=O) groups is 2. The van der Waals surface area contributed by atoms with Gasteiger partial charge in [-0.05, 0) is 51.4 Å². The number of rotatable bonds is 6. The van der Waals surface area contributed by atoms with E-state index in [1.54, 1.807) is 0 Å². The second-order valence-electron chi connectivity index (χ2n) is 6.23. The highest BCUT2D eigenvalue weighted by Crippen LogP contribution is 2.40. The molecule has 0 heterocycles. The van der Waals surface area contributed by atoms with Crippen LogP contribution in [0.3, 0.4) is 0 Å². The van der Waals surface area contributed by atoms with Crippen LogP contribution in [-0.2, 0) is 19.1 Å². The van der Waals surface area contributed by atoms with E-state index in [9.17, 15) is 9.59 Å². The predicted octanol–water partition coefficient (Wildman–Crippen LogP) is 3.79. The number of carbonyl (C=O) groups excluding carboxylic acids is 2. The first-order valence-corrected chi connectivity index (χ1v) is 8.77. The molecule has 0 aliphatic heterocycles. The van der Waals surface area contributed by atoms with Crippen molar-refractivity contribution in [2.45, 2.75) is 65.2 Å². The molecule has 0 spiro atoms.